The molecule has 0 amide bonds. The van der Waals surface area contributed by atoms with Gasteiger partial charge in [-0.3, -0.25) is 9.36 Å². The molecule has 0 aliphatic rings. The van der Waals surface area contributed by atoms with E-state index in [0.717, 1.165) is 18.4 Å². The zero-order valence-corrected chi connectivity index (χ0v) is 17.2. The predicted molar refractivity (Wildman–Crippen MR) is 114 cm³/mol. The summed E-state index contributed by atoms with van der Waals surface area (Å²) in [6, 6.07) is 10.1. The lowest BCUT2D eigenvalue weighted by Gasteiger charge is -2.10. The number of hydrogen-bond acceptors (Lipinski definition) is 4. The zero-order chi connectivity index (χ0) is 19.8. The maximum atomic E-state index is 13.1. The van der Waals surface area contributed by atoms with E-state index in [0.29, 0.717) is 35.0 Å². The van der Waals surface area contributed by atoms with Gasteiger partial charge in [0.1, 0.15) is 4.70 Å². The van der Waals surface area contributed by atoms with E-state index in [1.807, 2.05) is 23.6 Å². The average Bonchev–Trinajstić information content (AvgIpc) is 3.29. The van der Waals surface area contributed by atoms with Crippen LogP contribution in [0.25, 0.3) is 16.0 Å². The van der Waals surface area contributed by atoms with Crippen molar-refractivity contribution in [2.75, 3.05) is 0 Å². The number of unbranched alkanes of at least 4 members (excludes halogenated alkanes) is 1. The summed E-state index contributed by atoms with van der Waals surface area (Å²) in [7, 11) is 0. The Balaban J connectivity index is 1.89. The number of thiophene rings is 1. The number of nitrogens with zero attached hydrogens (tertiary/aromatic N) is 4. The molecule has 146 valence electrons. The van der Waals surface area contributed by atoms with Crippen LogP contribution in [-0.4, -0.2) is 18.7 Å². The van der Waals surface area contributed by atoms with Crippen LogP contribution in [0, 0.1) is 0 Å². The molecule has 0 atom stereocenters. The molecule has 6 nitrogen and oxygen atoms in total. The first-order valence-corrected chi connectivity index (χ1v) is 10.6. The highest BCUT2D eigenvalue weighted by Gasteiger charge is 2.18. The molecule has 0 spiro atoms. The second-order valence-electron chi connectivity index (χ2n) is 7.42. The van der Waals surface area contributed by atoms with Crippen molar-refractivity contribution in [1.82, 2.24) is 18.7 Å². The first-order chi connectivity index (χ1) is 13.5. The van der Waals surface area contributed by atoms with Crippen molar-refractivity contribution in [2.45, 2.75) is 52.6 Å². The van der Waals surface area contributed by atoms with Gasteiger partial charge in [-0.1, -0.05) is 51.5 Å². The molecule has 3 heterocycles. The Bertz CT molecular complexity index is 1240. The predicted octanol–water partition coefficient (Wildman–Crippen LogP) is 3.84. The van der Waals surface area contributed by atoms with Crippen LogP contribution >= 0.6 is 11.3 Å². The van der Waals surface area contributed by atoms with Crippen LogP contribution in [0.4, 0.5) is 0 Å². The Labute approximate surface area is 166 Å². The van der Waals surface area contributed by atoms with Gasteiger partial charge >= 0.3 is 5.69 Å². The third-order valence-corrected chi connectivity index (χ3v) is 5.99. The van der Waals surface area contributed by atoms with Gasteiger partial charge in [-0.2, -0.15) is 0 Å². The average molecular weight is 397 g/mol. The van der Waals surface area contributed by atoms with E-state index in [2.05, 4.69) is 38.0 Å². The van der Waals surface area contributed by atoms with Crippen molar-refractivity contribution < 1.29 is 0 Å². The normalized spacial score (nSPS) is 11.9. The molecule has 0 saturated heterocycles. The molecule has 4 aromatic rings. The lowest BCUT2D eigenvalue weighted by molar-refractivity contribution is 0.553. The summed E-state index contributed by atoms with van der Waals surface area (Å²) >= 11 is 1.37. The fraction of sp³-hybridized carbons (Fsp3) is 0.381. The van der Waals surface area contributed by atoms with Crippen molar-refractivity contribution in [2.24, 2.45) is 0 Å². The van der Waals surface area contributed by atoms with Crippen LogP contribution < -0.4 is 11.2 Å². The van der Waals surface area contributed by atoms with Gasteiger partial charge < -0.3 is 0 Å². The quantitative estimate of drug-likeness (QED) is 0.497. The molecule has 0 saturated carbocycles. The van der Waals surface area contributed by atoms with Gasteiger partial charge in [0.25, 0.3) is 5.56 Å². The Hall–Kier alpha value is -2.67. The smallest absolute Gasteiger partial charge is 0.271 e. The molecule has 0 aliphatic heterocycles. The molecule has 4 rings (SSSR count). The minimum atomic E-state index is -0.184. The lowest BCUT2D eigenvalue weighted by Crippen LogP contribution is -2.26. The second-order valence-corrected chi connectivity index (χ2v) is 8.33. The van der Waals surface area contributed by atoms with Gasteiger partial charge in [-0.05, 0) is 34.9 Å². The fourth-order valence-corrected chi connectivity index (χ4v) is 4.24. The Morgan fingerprint density at radius 1 is 1.11 bits per heavy atom. The van der Waals surface area contributed by atoms with Crippen LogP contribution in [0.2, 0.25) is 0 Å². The Morgan fingerprint density at radius 2 is 1.86 bits per heavy atom. The number of hydrogen-bond donors (Lipinski definition) is 0. The highest BCUT2D eigenvalue weighted by Crippen LogP contribution is 2.19. The van der Waals surface area contributed by atoms with Crippen molar-refractivity contribution in [3.8, 4) is 0 Å². The van der Waals surface area contributed by atoms with Crippen LogP contribution in [0.15, 0.2) is 45.3 Å². The zero-order valence-electron chi connectivity index (χ0n) is 16.4. The molecule has 0 fully saturated rings. The topological polar surface area (TPSA) is 61.3 Å². The summed E-state index contributed by atoms with van der Waals surface area (Å²) in [5, 5.41) is 6.37. The molecule has 1 aromatic carbocycles. The maximum Gasteiger partial charge on any atom is 0.352 e. The Morgan fingerprint density at radius 3 is 2.54 bits per heavy atom. The summed E-state index contributed by atoms with van der Waals surface area (Å²) in [6.07, 6.45) is 1.85. The summed E-state index contributed by atoms with van der Waals surface area (Å²) in [5.74, 6) is 0.865. The van der Waals surface area contributed by atoms with Crippen LogP contribution in [0.5, 0.6) is 0 Å². The molecule has 0 unspecified atom stereocenters. The summed E-state index contributed by atoms with van der Waals surface area (Å²) in [5.41, 5.74) is 2.63. The largest absolute Gasteiger partial charge is 0.352 e. The van der Waals surface area contributed by atoms with Gasteiger partial charge in [0.05, 0.1) is 12.1 Å². The molecule has 0 aliphatic carbocycles. The van der Waals surface area contributed by atoms with Gasteiger partial charge in [0.15, 0.2) is 0 Å². The third-order valence-electron chi connectivity index (χ3n) is 5.10. The van der Waals surface area contributed by atoms with Crippen molar-refractivity contribution in [3.05, 3.63) is 67.7 Å². The van der Waals surface area contributed by atoms with E-state index < -0.39 is 0 Å². The van der Waals surface area contributed by atoms with Gasteiger partial charge in [-0.25, -0.2) is 13.9 Å². The molecule has 0 radical (unpaired) electrons. The number of rotatable bonds is 6. The fourth-order valence-electron chi connectivity index (χ4n) is 3.42. The van der Waals surface area contributed by atoms with E-state index in [-0.39, 0.29) is 11.2 Å². The second kappa shape index (κ2) is 7.39. The van der Waals surface area contributed by atoms with Crippen molar-refractivity contribution in [3.63, 3.8) is 0 Å². The standard InChI is InChI=1S/C21H24N4O2S/c1-4-5-11-24-21(27)25-17-10-12-28-18(17)19(26)23(20(25)22-24)13-15-6-8-16(9-7-15)14(2)3/h6-10,12,14H,4-5,11,13H2,1-3H3. The van der Waals surface area contributed by atoms with E-state index in [1.165, 1.54) is 21.6 Å². The van der Waals surface area contributed by atoms with Crippen LogP contribution in [0.3, 0.4) is 0 Å². The molecule has 3 aromatic heterocycles. The molecule has 0 bridgehead atoms. The monoisotopic (exact) mass is 396 g/mol. The summed E-state index contributed by atoms with van der Waals surface area (Å²) < 4.78 is 5.26. The van der Waals surface area contributed by atoms with E-state index in [1.54, 1.807) is 8.97 Å². The van der Waals surface area contributed by atoms with Crippen LogP contribution in [-0.2, 0) is 13.1 Å². The van der Waals surface area contributed by atoms with E-state index >= 15 is 0 Å². The minimum absolute atomic E-state index is 0.0990. The molecule has 0 N–H and O–H groups in total. The van der Waals surface area contributed by atoms with Gasteiger partial charge in [-0.15, -0.1) is 16.4 Å². The highest BCUT2D eigenvalue weighted by molar-refractivity contribution is 7.17. The first-order valence-electron chi connectivity index (χ1n) is 9.69. The van der Waals surface area contributed by atoms with E-state index in [9.17, 15) is 9.59 Å². The van der Waals surface area contributed by atoms with Crippen molar-refractivity contribution >= 4 is 27.3 Å². The molecular formula is C21H24N4O2S. The molecule has 7 heteroatoms. The van der Waals surface area contributed by atoms with E-state index in [4.69, 9.17) is 0 Å². The minimum Gasteiger partial charge on any atom is -0.271 e. The SMILES string of the molecule is CCCCn1nc2n(Cc3ccc(C(C)C)cc3)c(=O)c3sccc3n2c1=O. The maximum absolute atomic E-state index is 13.1. The van der Waals surface area contributed by atoms with Crippen LogP contribution in [0.1, 0.15) is 50.7 Å². The molecular weight excluding hydrogens is 372 g/mol. The first kappa shape index (κ1) is 18.7. The van der Waals surface area contributed by atoms with Crippen molar-refractivity contribution in [1.29, 1.82) is 0 Å². The number of fused-ring (bicyclic) bond motifs is 3. The van der Waals surface area contributed by atoms with Gasteiger partial charge in [0, 0.05) is 6.54 Å². The number of aromatic nitrogens is 4. The number of benzene rings is 1. The number of aryl methyl sites for hydroxylation is 1. The Kier molecular flexibility index (Phi) is 4.93. The summed E-state index contributed by atoms with van der Waals surface area (Å²) in [6.45, 7) is 7.33. The molecule has 28 heavy (non-hydrogen) atoms. The third kappa shape index (κ3) is 3.09. The van der Waals surface area contributed by atoms with Gasteiger partial charge in [0.2, 0.25) is 5.78 Å². The highest BCUT2D eigenvalue weighted by atomic mass is 32.1. The summed E-state index contributed by atoms with van der Waals surface area (Å²) in [4.78, 5) is 26.1. The lowest BCUT2D eigenvalue weighted by atomic mass is 10.0.